The Labute approximate surface area is 102 Å². The standard InChI is InChI=1S/C12H21N3S/c1-3-7-15(4-2)12-14-11(9-16-12)8-13-10-5-6-10/h9-10,13H,3-8H2,1-2H3. The number of hydrogen-bond acceptors (Lipinski definition) is 4. The van der Waals surface area contributed by atoms with Crippen LogP contribution in [0.3, 0.4) is 0 Å². The van der Waals surface area contributed by atoms with Crippen LogP contribution in [0.15, 0.2) is 5.38 Å². The highest BCUT2D eigenvalue weighted by atomic mass is 32.1. The highest BCUT2D eigenvalue weighted by molar-refractivity contribution is 7.13. The van der Waals surface area contributed by atoms with Crippen molar-refractivity contribution in [2.45, 2.75) is 45.7 Å². The van der Waals surface area contributed by atoms with E-state index in [0.29, 0.717) is 0 Å². The first-order valence-corrected chi connectivity index (χ1v) is 7.14. The van der Waals surface area contributed by atoms with Gasteiger partial charge in [-0.1, -0.05) is 6.92 Å². The van der Waals surface area contributed by atoms with Crippen LogP contribution in [0.4, 0.5) is 5.13 Å². The number of thiazole rings is 1. The van der Waals surface area contributed by atoms with E-state index in [0.717, 1.165) is 25.7 Å². The summed E-state index contributed by atoms with van der Waals surface area (Å²) in [5.74, 6) is 0. The molecule has 90 valence electrons. The van der Waals surface area contributed by atoms with E-state index in [1.165, 1.54) is 30.1 Å². The van der Waals surface area contributed by atoms with Crippen molar-refractivity contribution in [2.24, 2.45) is 0 Å². The second-order valence-corrected chi connectivity index (χ2v) is 5.19. The molecule has 4 heteroatoms. The number of aromatic nitrogens is 1. The van der Waals surface area contributed by atoms with E-state index in [4.69, 9.17) is 0 Å². The molecule has 1 N–H and O–H groups in total. The van der Waals surface area contributed by atoms with E-state index in [-0.39, 0.29) is 0 Å². The zero-order valence-electron chi connectivity index (χ0n) is 10.2. The van der Waals surface area contributed by atoms with Crippen molar-refractivity contribution >= 4 is 16.5 Å². The van der Waals surface area contributed by atoms with Gasteiger partial charge in [-0.3, -0.25) is 0 Å². The Morgan fingerprint density at radius 1 is 1.50 bits per heavy atom. The van der Waals surface area contributed by atoms with Gasteiger partial charge >= 0.3 is 0 Å². The molecular formula is C12H21N3S. The predicted octanol–water partition coefficient (Wildman–Crippen LogP) is 2.63. The van der Waals surface area contributed by atoms with Crippen molar-refractivity contribution in [3.8, 4) is 0 Å². The van der Waals surface area contributed by atoms with Gasteiger partial charge in [0, 0.05) is 31.1 Å². The summed E-state index contributed by atoms with van der Waals surface area (Å²) in [6, 6.07) is 0.767. The quantitative estimate of drug-likeness (QED) is 0.793. The van der Waals surface area contributed by atoms with Gasteiger partial charge in [-0.2, -0.15) is 0 Å². The second-order valence-electron chi connectivity index (χ2n) is 4.36. The van der Waals surface area contributed by atoms with Crippen LogP contribution >= 0.6 is 11.3 Å². The molecule has 3 nitrogen and oxygen atoms in total. The van der Waals surface area contributed by atoms with Crippen molar-refractivity contribution in [2.75, 3.05) is 18.0 Å². The van der Waals surface area contributed by atoms with Gasteiger partial charge < -0.3 is 10.2 Å². The molecule has 1 aliphatic rings. The molecule has 1 heterocycles. The van der Waals surface area contributed by atoms with Crippen LogP contribution in [-0.2, 0) is 6.54 Å². The Kier molecular flexibility index (Phi) is 4.18. The zero-order valence-corrected chi connectivity index (χ0v) is 11.0. The van der Waals surface area contributed by atoms with Crippen molar-refractivity contribution in [1.82, 2.24) is 10.3 Å². The maximum absolute atomic E-state index is 4.68. The first kappa shape index (κ1) is 11.9. The molecule has 2 rings (SSSR count). The summed E-state index contributed by atoms with van der Waals surface area (Å²) in [5.41, 5.74) is 1.20. The zero-order chi connectivity index (χ0) is 11.4. The number of nitrogens with one attached hydrogen (secondary N) is 1. The molecule has 0 unspecified atom stereocenters. The molecule has 0 bridgehead atoms. The monoisotopic (exact) mass is 239 g/mol. The summed E-state index contributed by atoms with van der Waals surface area (Å²) < 4.78 is 0. The highest BCUT2D eigenvalue weighted by Gasteiger charge is 2.20. The van der Waals surface area contributed by atoms with E-state index in [1.54, 1.807) is 11.3 Å². The molecule has 1 fully saturated rings. The minimum Gasteiger partial charge on any atom is -0.348 e. The average molecular weight is 239 g/mol. The summed E-state index contributed by atoms with van der Waals surface area (Å²) in [6.07, 6.45) is 3.87. The lowest BCUT2D eigenvalue weighted by atomic mass is 10.4. The predicted molar refractivity (Wildman–Crippen MR) is 70.2 cm³/mol. The van der Waals surface area contributed by atoms with Crippen LogP contribution in [0.25, 0.3) is 0 Å². The van der Waals surface area contributed by atoms with Gasteiger partial charge in [0.25, 0.3) is 0 Å². The van der Waals surface area contributed by atoms with Crippen molar-refractivity contribution in [1.29, 1.82) is 0 Å². The maximum atomic E-state index is 4.68. The molecule has 1 aromatic heterocycles. The molecule has 16 heavy (non-hydrogen) atoms. The molecule has 1 aliphatic carbocycles. The number of rotatable bonds is 7. The lowest BCUT2D eigenvalue weighted by Crippen LogP contribution is -2.23. The van der Waals surface area contributed by atoms with Gasteiger partial charge in [-0.15, -0.1) is 11.3 Å². The Morgan fingerprint density at radius 2 is 2.31 bits per heavy atom. The van der Waals surface area contributed by atoms with Gasteiger partial charge in [-0.05, 0) is 26.2 Å². The first-order chi connectivity index (χ1) is 7.83. The van der Waals surface area contributed by atoms with Crippen LogP contribution in [-0.4, -0.2) is 24.1 Å². The Hall–Kier alpha value is -0.610. The third kappa shape index (κ3) is 3.19. The van der Waals surface area contributed by atoms with Crippen LogP contribution < -0.4 is 10.2 Å². The van der Waals surface area contributed by atoms with E-state index in [2.05, 4.69) is 34.4 Å². The Morgan fingerprint density at radius 3 is 2.94 bits per heavy atom. The average Bonchev–Trinajstić information content (AvgIpc) is 3.02. The van der Waals surface area contributed by atoms with Gasteiger partial charge in [0.15, 0.2) is 5.13 Å². The molecule has 1 saturated carbocycles. The van der Waals surface area contributed by atoms with Crippen LogP contribution in [0.2, 0.25) is 0 Å². The summed E-state index contributed by atoms with van der Waals surface area (Å²) in [4.78, 5) is 7.03. The smallest absolute Gasteiger partial charge is 0.185 e. The van der Waals surface area contributed by atoms with Gasteiger partial charge in [0.1, 0.15) is 0 Å². The summed E-state index contributed by atoms with van der Waals surface area (Å²) in [7, 11) is 0. The summed E-state index contributed by atoms with van der Waals surface area (Å²) >= 11 is 1.77. The van der Waals surface area contributed by atoms with E-state index < -0.39 is 0 Å². The molecule has 0 amide bonds. The van der Waals surface area contributed by atoms with Gasteiger partial charge in [0.05, 0.1) is 5.69 Å². The molecule has 0 saturated heterocycles. The van der Waals surface area contributed by atoms with E-state index >= 15 is 0 Å². The van der Waals surface area contributed by atoms with E-state index in [9.17, 15) is 0 Å². The highest BCUT2D eigenvalue weighted by Crippen LogP contribution is 2.22. The third-order valence-electron chi connectivity index (χ3n) is 2.83. The first-order valence-electron chi connectivity index (χ1n) is 6.26. The molecule has 0 aromatic carbocycles. The fourth-order valence-corrected chi connectivity index (χ4v) is 2.63. The largest absolute Gasteiger partial charge is 0.348 e. The Bertz CT molecular complexity index is 320. The lowest BCUT2D eigenvalue weighted by Gasteiger charge is -2.18. The van der Waals surface area contributed by atoms with Gasteiger partial charge in [-0.25, -0.2) is 4.98 Å². The normalized spacial score (nSPS) is 15.4. The summed E-state index contributed by atoms with van der Waals surface area (Å²) in [5, 5.41) is 6.86. The number of nitrogens with zero attached hydrogens (tertiary/aromatic N) is 2. The van der Waals surface area contributed by atoms with Crippen LogP contribution in [0.5, 0.6) is 0 Å². The van der Waals surface area contributed by atoms with Crippen molar-refractivity contribution in [3.05, 3.63) is 11.1 Å². The van der Waals surface area contributed by atoms with Crippen LogP contribution in [0.1, 0.15) is 38.8 Å². The minimum atomic E-state index is 0.767. The SMILES string of the molecule is CCCN(CC)c1nc(CNC2CC2)cs1. The van der Waals surface area contributed by atoms with E-state index in [1.807, 2.05) is 0 Å². The number of hydrogen-bond donors (Lipinski definition) is 1. The second kappa shape index (κ2) is 5.64. The van der Waals surface area contributed by atoms with Gasteiger partial charge in [0.2, 0.25) is 0 Å². The topological polar surface area (TPSA) is 28.2 Å². The third-order valence-corrected chi connectivity index (χ3v) is 3.78. The minimum absolute atomic E-state index is 0.767. The Balaban J connectivity index is 1.88. The maximum Gasteiger partial charge on any atom is 0.185 e. The summed E-state index contributed by atoms with van der Waals surface area (Å²) in [6.45, 7) is 7.51. The number of anilines is 1. The molecule has 0 spiro atoms. The molecule has 0 atom stereocenters. The molecule has 0 radical (unpaired) electrons. The van der Waals surface area contributed by atoms with Crippen molar-refractivity contribution in [3.63, 3.8) is 0 Å². The molecular weight excluding hydrogens is 218 g/mol. The lowest BCUT2D eigenvalue weighted by molar-refractivity contribution is 0.675. The van der Waals surface area contributed by atoms with Crippen LogP contribution in [0, 0.1) is 0 Å². The fourth-order valence-electron chi connectivity index (χ4n) is 1.72. The molecule has 0 aliphatic heterocycles. The fraction of sp³-hybridized carbons (Fsp3) is 0.750. The van der Waals surface area contributed by atoms with Crippen molar-refractivity contribution < 1.29 is 0 Å². The molecule has 1 aromatic rings.